The predicted octanol–water partition coefficient (Wildman–Crippen LogP) is 2.88. The van der Waals surface area contributed by atoms with E-state index in [0.717, 1.165) is 35.9 Å². The highest BCUT2D eigenvalue weighted by Gasteiger charge is 2.09. The number of amides is 2. The van der Waals surface area contributed by atoms with Crippen LogP contribution >= 0.6 is 23.1 Å². The van der Waals surface area contributed by atoms with Gasteiger partial charge in [0.05, 0.1) is 5.69 Å². The maximum Gasteiger partial charge on any atom is 0.429 e. The molecule has 0 radical (unpaired) electrons. The van der Waals surface area contributed by atoms with Crippen LogP contribution in [-0.4, -0.2) is 28.0 Å². The first-order valence-corrected chi connectivity index (χ1v) is 9.98. The maximum absolute atomic E-state index is 11.3. The molecule has 144 valence electrons. The fourth-order valence-electron chi connectivity index (χ4n) is 2.16. The summed E-state index contributed by atoms with van der Waals surface area (Å²) in [4.78, 5) is 37.5. The van der Waals surface area contributed by atoms with Crippen LogP contribution in [0.2, 0.25) is 0 Å². The lowest BCUT2D eigenvalue weighted by atomic mass is 10.1. The van der Waals surface area contributed by atoms with E-state index in [0.29, 0.717) is 17.3 Å². The molecule has 0 aliphatic heterocycles. The number of nitrogens with zero attached hydrogens (tertiary/aromatic N) is 1. The first-order valence-electron chi connectivity index (χ1n) is 8.11. The summed E-state index contributed by atoms with van der Waals surface area (Å²) in [6.07, 6.45) is 1.34. The standard InChI is InChI=1S/C17H20N4O4S2/c1-11(22)19-15-20-14(10-27-15)7-6-12-2-4-13(5-3-12)8-9-26-17(24)25-16(23)21-18/h2-5,10H,6-9,18H2,1H3,(H,21,23)(H,19,20,22). The van der Waals surface area contributed by atoms with Crippen molar-refractivity contribution in [2.24, 2.45) is 5.84 Å². The number of carbonyl (C=O) groups excluding carboxylic acids is 3. The van der Waals surface area contributed by atoms with E-state index < -0.39 is 11.4 Å². The first kappa shape index (κ1) is 20.9. The lowest BCUT2D eigenvalue weighted by molar-refractivity contribution is -0.114. The number of ether oxygens (including phenoxy) is 1. The molecule has 0 saturated carbocycles. The van der Waals surface area contributed by atoms with E-state index in [1.165, 1.54) is 23.8 Å². The van der Waals surface area contributed by atoms with Crippen LogP contribution in [0.5, 0.6) is 0 Å². The van der Waals surface area contributed by atoms with E-state index in [-0.39, 0.29) is 5.91 Å². The third-order valence-corrected chi connectivity index (χ3v) is 4.97. The van der Waals surface area contributed by atoms with Crippen molar-refractivity contribution in [2.45, 2.75) is 26.2 Å². The molecule has 0 aliphatic carbocycles. The van der Waals surface area contributed by atoms with E-state index in [1.807, 2.05) is 29.6 Å². The number of thioether (sulfide) groups is 1. The van der Waals surface area contributed by atoms with E-state index in [1.54, 1.807) is 5.43 Å². The summed E-state index contributed by atoms with van der Waals surface area (Å²) in [7, 11) is 0. The summed E-state index contributed by atoms with van der Waals surface area (Å²) in [5.41, 5.74) is 4.94. The molecule has 1 heterocycles. The molecular formula is C17H20N4O4S2. The number of carbonyl (C=O) groups is 3. The summed E-state index contributed by atoms with van der Waals surface area (Å²) in [6, 6.07) is 8.11. The normalized spacial score (nSPS) is 10.3. The largest absolute Gasteiger partial charge is 0.429 e. The summed E-state index contributed by atoms with van der Waals surface area (Å²) < 4.78 is 4.37. The second-order valence-electron chi connectivity index (χ2n) is 5.52. The van der Waals surface area contributed by atoms with Gasteiger partial charge >= 0.3 is 11.4 Å². The van der Waals surface area contributed by atoms with E-state index in [9.17, 15) is 14.4 Å². The zero-order chi connectivity index (χ0) is 19.6. The fourth-order valence-corrected chi connectivity index (χ4v) is 3.59. The molecule has 1 aromatic heterocycles. The molecule has 0 unspecified atom stereocenters. The van der Waals surface area contributed by atoms with Gasteiger partial charge in [-0.15, -0.1) is 11.3 Å². The Kier molecular flexibility index (Phi) is 8.24. The molecule has 2 amide bonds. The number of nitrogens with two attached hydrogens (primary N) is 1. The number of hydrogen-bond donors (Lipinski definition) is 3. The van der Waals surface area contributed by atoms with Crippen molar-refractivity contribution in [3.8, 4) is 0 Å². The lowest BCUT2D eigenvalue weighted by Gasteiger charge is -2.04. The van der Waals surface area contributed by atoms with Crippen molar-refractivity contribution in [2.75, 3.05) is 11.1 Å². The van der Waals surface area contributed by atoms with Crippen molar-refractivity contribution >= 4 is 45.5 Å². The number of aryl methyl sites for hydroxylation is 3. The van der Waals surface area contributed by atoms with Crippen molar-refractivity contribution in [3.63, 3.8) is 0 Å². The molecule has 0 aliphatic rings. The highest BCUT2D eigenvalue weighted by molar-refractivity contribution is 8.13. The highest BCUT2D eigenvalue weighted by Crippen LogP contribution is 2.17. The van der Waals surface area contributed by atoms with Crippen LogP contribution in [0.4, 0.5) is 14.7 Å². The van der Waals surface area contributed by atoms with Crippen molar-refractivity contribution < 1.29 is 19.1 Å². The van der Waals surface area contributed by atoms with Gasteiger partial charge < -0.3 is 10.1 Å². The summed E-state index contributed by atoms with van der Waals surface area (Å²) in [6.45, 7) is 1.46. The highest BCUT2D eigenvalue weighted by atomic mass is 32.2. The van der Waals surface area contributed by atoms with Gasteiger partial charge in [0.15, 0.2) is 5.13 Å². The monoisotopic (exact) mass is 408 g/mol. The van der Waals surface area contributed by atoms with Gasteiger partial charge in [0, 0.05) is 18.1 Å². The fraction of sp³-hybridized carbons (Fsp3) is 0.294. The average molecular weight is 409 g/mol. The molecule has 27 heavy (non-hydrogen) atoms. The molecule has 0 atom stereocenters. The van der Waals surface area contributed by atoms with Crippen LogP contribution < -0.4 is 16.6 Å². The number of nitrogens with one attached hydrogen (secondary N) is 2. The van der Waals surface area contributed by atoms with Gasteiger partial charge in [-0.25, -0.2) is 20.4 Å². The summed E-state index contributed by atoms with van der Waals surface area (Å²) >= 11 is 2.34. The smallest absolute Gasteiger partial charge is 0.367 e. The van der Waals surface area contributed by atoms with Crippen LogP contribution in [0.25, 0.3) is 0 Å². The van der Waals surface area contributed by atoms with Crippen LogP contribution in [0.1, 0.15) is 23.7 Å². The SMILES string of the molecule is CC(=O)Nc1nc(CCc2ccc(CCSC(=O)OC(=O)NN)cc2)cs1. The number of rotatable bonds is 7. The average Bonchev–Trinajstić information content (AvgIpc) is 3.07. The maximum atomic E-state index is 11.3. The molecule has 0 spiro atoms. The Bertz CT molecular complexity index is 792. The molecule has 2 aromatic rings. The molecule has 0 fully saturated rings. The number of hydrazine groups is 1. The Morgan fingerprint density at radius 2 is 1.81 bits per heavy atom. The molecule has 2 rings (SSSR count). The molecule has 10 heteroatoms. The Balaban J connectivity index is 1.73. The van der Waals surface area contributed by atoms with Gasteiger partial charge in [-0.05, 0) is 42.2 Å². The number of hydrogen-bond acceptors (Lipinski definition) is 8. The van der Waals surface area contributed by atoms with Crippen LogP contribution in [-0.2, 0) is 28.8 Å². The van der Waals surface area contributed by atoms with Gasteiger partial charge in [-0.1, -0.05) is 24.3 Å². The molecule has 4 N–H and O–H groups in total. The van der Waals surface area contributed by atoms with E-state index in [2.05, 4.69) is 15.0 Å². The van der Waals surface area contributed by atoms with Gasteiger partial charge in [-0.3, -0.25) is 10.2 Å². The Hall–Kier alpha value is -2.43. The van der Waals surface area contributed by atoms with Gasteiger partial charge in [0.1, 0.15) is 0 Å². The quantitative estimate of drug-likeness (QED) is 0.212. The second kappa shape index (κ2) is 10.7. The number of benzene rings is 1. The second-order valence-corrected chi connectivity index (χ2v) is 7.41. The van der Waals surface area contributed by atoms with Gasteiger partial charge in [0.25, 0.3) is 0 Å². The molecular weight excluding hydrogens is 388 g/mol. The van der Waals surface area contributed by atoms with Crippen molar-refractivity contribution in [3.05, 3.63) is 46.5 Å². The van der Waals surface area contributed by atoms with E-state index in [4.69, 9.17) is 5.84 Å². The minimum atomic E-state index is -0.971. The third-order valence-electron chi connectivity index (χ3n) is 3.43. The Morgan fingerprint density at radius 3 is 2.44 bits per heavy atom. The minimum absolute atomic E-state index is 0.124. The van der Waals surface area contributed by atoms with Gasteiger partial charge in [0.2, 0.25) is 5.91 Å². The Labute approximate surface area is 164 Å². The Morgan fingerprint density at radius 1 is 1.15 bits per heavy atom. The zero-order valence-corrected chi connectivity index (χ0v) is 16.3. The molecule has 1 aromatic carbocycles. The third kappa shape index (κ3) is 7.77. The zero-order valence-electron chi connectivity index (χ0n) is 14.7. The van der Waals surface area contributed by atoms with Crippen LogP contribution in [0.3, 0.4) is 0 Å². The number of thiazole rings is 1. The van der Waals surface area contributed by atoms with Crippen molar-refractivity contribution in [1.29, 1.82) is 0 Å². The lowest BCUT2D eigenvalue weighted by Crippen LogP contribution is -2.31. The predicted molar refractivity (Wildman–Crippen MR) is 106 cm³/mol. The number of aromatic nitrogens is 1. The number of anilines is 1. The molecule has 8 nitrogen and oxygen atoms in total. The van der Waals surface area contributed by atoms with Gasteiger partial charge in [-0.2, -0.15) is 0 Å². The topological polar surface area (TPSA) is 123 Å². The minimum Gasteiger partial charge on any atom is -0.367 e. The van der Waals surface area contributed by atoms with E-state index >= 15 is 0 Å². The van der Waals surface area contributed by atoms with Crippen LogP contribution in [0, 0.1) is 0 Å². The summed E-state index contributed by atoms with van der Waals surface area (Å²) in [5, 5.41) is 4.56. The summed E-state index contributed by atoms with van der Waals surface area (Å²) in [5.74, 6) is 5.21. The molecule has 0 saturated heterocycles. The first-order chi connectivity index (χ1) is 13.0. The van der Waals surface area contributed by atoms with Crippen molar-refractivity contribution in [1.82, 2.24) is 10.4 Å². The molecule has 0 bridgehead atoms. The van der Waals surface area contributed by atoms with Crippen LogP contribution in [0.15, 0.2) is 29.6 Å².